The summed E-state index contributed by atoms with van der Waals surface area (Å²) in [6.07, 6.45) is 6.81. The number of rotatable bonds is 4. The third-order valence-electron chi connectivity index (χ3n) is 4.00. The molecule has 18 heavy (non-hydrogen) atoms. The molecule has 0 amide bonds. The van der Waals surface area contributed by atoms with Crippen LogP contribution in [-0.4, -0.2) is 22.8 Å². The first-order valence-corrected chi connectivity index (χ1v) is 6.81. The molecular weight excluding hydrogens is 226 g/mol. The summed E-state index contributed by atoms with van der Waals surface area (Å²) < 4.78 is 5.01. The number of hydrogen-bond donors (Lipinski definition) is 1. The maximum atomic E-state index is 6.53. The molecular formula is C14H23N3O. The summed E-state index contributed by atoms with van der Waals surface area (Å²) in [5, 5.41) is 8.19. The van der Waals surface area contributed by atoms with Gasteiger partial charge >= 0.3 is 0 Å². The summed E-state index contributed by atoms with van der Waals surface area (Å²) in [4.78, 5) is 0. The van der Waals surface area contributed by atoms with Crippen LogP contribution in [0.3, 0.4) is 0 Å². The first-order valence-electron chi connectivity index (χ1n) is 6.81. The summed E-state index contributed by atoms with van der Waals surface area (Å²) in [6, 6.07) is 3.82. The molecule has 4 heteroatoms. The number of aromatic nitrogens is 2. The normalized spacial score (nSPS) is 28.1. The molecule has 1 aromatic heterocycles. The Bertz CT molecular complexity index is 379. The van der Waals surface area contributed by atoms with Crippen LogP contribution >= 0.6 is 0 Å². The van der Waals surface area contributed by atoms with Crippen LogP contribution in [0.1, 0.15) is 44.7 Å². The third kappa shape index (κ3) is 3.19. The molecule has 0 aromatic carbocycles. The minimum atomic E-state index is -0.0950. The smallest absolute Gasteiger partial charge is 0.233 e. The molecule has 0 spiro atoms. The number of methoxy groups -OCH3 is 1. The molecule has 1 saturated carbocycles. The summed E-state index contributed by atoms with van der Waals surface area (Å²) in [6.45, 7) is 2.25. The van der Waals surface area contributed by atoms with Crippen molar-refractivity contribution in [3.05, 3.63) is 17.8 Å². The second-order valence-corrected chi connectivity index (χ2v) is 5.48. The number of nitrogens with zero attached hydrogens (tertiary/aromatic N) is 2. The van der Waals surface area contributed by atoms with E-state index >= 15 is 0 Å². The van der Waals surface area contributed by atoms with Crippen molar-refractivity contribution in [3.63, 3.8) is 0 Å². The van der Waals surface area contributed by atoms with Gasteiger partial charge in [0, 0.05) is 18.0 Å². The van der Waals surface area contributed by atoms with Gasteiger partial charge in [-0.2, -0.15) is 5.10 Å². The highest BCUT2D eigenvalue weighted by molar-refractivity contribution is 5.14. The highest BCUT2D eigenvalue weighted by Crippen LogP contribution is 2.34. The van der Waals surface area contributed by atoms with Crippen molar-refractivity contribution < 1.29 is 4.74 Å². The van der Waals surface area contributed by atoms with Crippen LogP contribution in [0.25, 0.3) is 0 Å². The van der Waals surface area contributed by atoms with Crippen LogP contribution in [0.4, 0.5) is 0 Å². The predicted octanol–water partition coefficient (Wildman–Crippen LogP) is 2.33. The van der Waals surface area contributed by atoms with Crippen LogP contribution in [0.2, 0.25) is 0 Å². The van der Waals surface area contributed by atoms with E-state index < -0.39 is 0 Å². The molecule has 4 nitrogen and oxygen atoms in total. The molecule has 2 atom stereocenters. The van der Waals surface area contributed by atoms with E-state index in [1.165, 1.54) is 19.3 Å². The maximum absolute atomic E-state index is 6.53. The SMILES string of the molecule is CCC1CCCC(N)(Cc2ccc(OC)nn2)C1. The van der Waals surface area contributed by atoms with Gasteiger partial charge in [0.2, 0.25) is 5.88 Å². The van der Waals surface area contributed by atoms with Gasteiger partial charge in [0.05, 0.1) is 12.8 Å². The Kier molecular flexibility index (Phi) is 4.17. The van der Waals surface area contributed by atoms with Gasteiger partial charge < -0.3 is 10.5 Å². The van der Waals surface area contributed by atoms with Gasteiger partial charge in [0.1, 0.15) is 0 Å². The zero-order valence-corrected chi connectivity index (χ0v) is 11.4. The lowest BCUT2D eigenvalue weighted by molar-refractivity contribution is 0.216. The molecule has 0 aliphatic heterocycles. The lowest BCUT2D eigenvalue weighted by Gasteiger charge is -2.37. The first-order chi connectivity index (χ1) is 8.65. The summed E-state index contributed by atoms with van der Waals surface area (Å²) >= 11 is 0. The van der Waals surface area contributed by atoms with E-state index in [0.717, 1.165) is 30.9 Å². The molecule has 0 bridgehead atoms. The Morgan fingerprint density at radius 2 is 2.28 bits per heavy atom. The molecule has 0 radical (unpaired) electrons. The highest BCUT2D eigenvalue weighted by Gasteiger charge is 2.32. The van der Waals surface area contributed by atoms with Crippen molar-refractivity contribution in [2.24, 2.45) is 11.7 Å². The van der Waals surface area contributed by atoms with Crippen molar-refractivity contribution in [1.29, 1.82) is 0 Å². The predicted molar refractivity (Wildman–Crippen MR) is 71.5 cm³/mol. The van der Waals surface area contributed by atoms with E-state index in [2.05, 4.69) is 17.1 Å². The van der Waals surface area contributed by atoms with Crippen molar-refractivity contribution in [3.8, 4) is 5.88 Å². The maximum Gasteiger partial charge on any atom is 0.233 e. The van der Waals surface area contributed by atoms with Crippen LogP contribution in [0.5, 0.6) is 5.88 Å². The van der Waals surface area contributed by atoms with Gasteiger partial charge in [0.15, 0.2) is 0 Å². The van der Waals surface area contributed by atoms with E-state index in [4.69, 9.17) is 10.5 Å². The average molecular weight is 249 g/mol. The Labute approximate surface area is 109 Å². The highest BCUT2D eigenvalue weighted by atomic mass is 16.5. The Balaban J connectivity index is 2.02. The molecule has 1 heterocycles. The number of nitrogens with two attached hydrogens (primary N) is 1. The van der Waals surface area contributed by atoms with Gasteiger partial charge in [-0.25, -0.2) is 0 Å². The third-order valence-corrected chi connectivity index (χ3v) is 4.00. The van der Waals surface area contributed by atoms with E-state index in [9.17, 15) is 0 Å². The summed E-state index contributed by atoms with van der Waals surface area (Å²) in [5.74, 6) is 1.33. The lowest BCUT2D eigenvalue weighted by atomic mass is 9.73. The fraction of sp³-hybridized carbons (Fsp3) is 0.714. The second-order valence-electron chi connectivity index (χ2n) is 5.48. The van der Waals surface area contributed by atoms with Crippen LogP contribution in [-0.2, 0) is 6.42 Å². The topological polar surface area (TPSA) is 61.0 Å². The standard InChI is InChI=1S/C14H23N3O/c1-3-11-5-4-8-14(15,9-11)10-12-6-7-13(18-2)17-16-12/h6-7,11H,3-5,8-10,15H2,1-2H3. The molecule has 1 aromatic rings. The van der Waals surface area contributed by atoms with E-state index in [0.29, 0.717) is 5.88 Å². The van der Waals surface area contributed by atoms with Crippen LogP contribution in [0, 0.1) is 5.92 Å². The molecule has 2 rings (SSSR count). The van der Waals surface area contributed by atoms with Gasteiger partial charge in [-0.1, -0.05) is 26.2 Å². The van der Waals surface area contributed by atoms with Crippen molar-refractivity contribution >= 4 is 0 Å². The fourth-order valence-electron chi connectivity index (χ4n) is 2.94. The number of hydrogen-bond acceptors (Lipinski definition) is 4. The lowest BCUT2D eigenvalue weighted by Crippen LogP contribution is -2.46. The minimum Gasteiger partial charge on any atom is -0.480 e. The quantitative estimate of drug-likeness (QED) is 0.889. The molecule has 1 fully saturated rings. The Morgan fingerprint density at radius 1 is 1.44 bits per heavy atom. The van der Waals surface area contributed by atoms with Gasteiger partial charge in [-0.3, -0.25) is 0 Å². The van der Waals surface area contributed by atoms with Crippen molar-refractivity contribution in [2.75, 3.05) is 7.11 Å². The molecule has 2 N–H and O–H groups in total. The van der Waals surface area contributed by atoms with Crippen LogP contribution < -0.4 is 10.5 Å². The number of ether oxygens (including phenoxy) is 1. The monoisotopic (exact) mass is 249 g/mol. The van der Waals surface area contributed by atoms with Gasteiger partial charge in [-0.15, -0.1) is 5.10 Å². The van der Waals surface area contributed by atoms with Crippen molar-refractivity contribution in [1.82, 2.24) is 10.2 Å². The summed E-state index contributed by atoms with van der Waals surface area (Å²) in [7, 11) is 1.60. The first kappa shape index (κ1) is 13.3. The second kappa shape index (κ2) is 5.65. The fourth-order valence-corrected chi connectivity index (χ4v) is 2.94. The van der Waals surface area contributed by atoms with E-state index in [-0.39, 0.29) is 5.54 Å². The summed E-state index contributed by atoms with van der Waals surface area (Å²) in [5.41, 5.74) is 7.40. The average Bonchev–Trinajstić information content (AvgIpc) is 2.39. The van der Waals surface area contributed by atoms with E-state index in [1.54, 1.807) is 7.11 Å². The Morgan fingerprint density at radius 3 is 2.89 bits per heavy atom. The zero-order valence-electron chi connectivity index (χ0n) is 11.4. The molecule has 0 saturated heterocycles. The molecule has 1 aliphatic carbocycles. The van der Waals surface area contributed by atoms with E-state index in [1.807, 2.05) is 12.1 Å². The van der Waals surface area contributed by atoms with Gasteiger partial charge in [0.25, 0.3) is 0 Å². The molecule has 100 valence electrons. The minimum absolute atomic E-state index is 0.0950. The van der Waals surface area contributed by atoms with Crippen LogP contribution in [0.15, 0.2) is 12.1 Å². The zero-order chi connectivity index (χ0) is 13.0. The Hall–Kier alpha value is -1.16. The van der Waals surface area contributed by atoms with Gasteiger partial charge in [-0.05, 0) is 24.8 Å². The largest absolute Gasteiger partial charge is 0.480 e. The molecule has 2 unspecified atom stereocenters. The molecule has 1 aliphatic rings. The van der Waals surface area contributed by atoms with Crippen molar-refractivity contribution in [2.45, 2.75) is 51.0 Å².